The van der Waals surface area contributed by atoms with Crippen LogP contribution in [0.2, 0.25) is 10.0 Å². The first-order valence-corrected chi connectivity index (χ1v) is 9.57. The Balaban J connectivity index is 1.72. The fraction of sp³-hybridized carbons (Fsp3) is 0.368. The van der Waals surface area contributed by atoms with E-state index in [4.69, 9.17) is 23.2 Å². The van der Waals surface area contributed by atoms with Crippen LogP contribution < -0.4 is 10.2 Å². The molecule has 0 amide bonds. The summed E-state index contributed by atoms with van der Waals surface area (Å²) in [5, 5.41) is 13.5. The normalized spacial score (nSPS) is 19.1. The number of aromatic nitrogens is 3. The summed E-state index contributed by atoms with van der Waals surface area (Å²) < 4.78 is 1.93. The number of nitrogens with zero attached hydrogens (tertiary/aromatic N) is 4. The number of anilines is 1. The van der Waals surface area contributed by atoms with E-state index in [2.05, 4.69) is 46.5 Å². The van der Waals surface area contributed by atoms with Gasteiger partial charge in [-0.25, -0.2) is 4.68 Å². The lowest BCUT2D eigenvalue weighted by atomic mass is 10.1. The fourth-order valence-corrected chi connectivity index (χ4v) is 4.11. The summed E-state index contributed by atoms with van der Waals surface area (Å²) >= 11 is 12.4. The molecule has 1 saturated heterocycles. The fourth-order valence-electron chi connectivity index (χ4n) is 3.55. The molecule has 1 aliphatic rings. The van der Waals surface area contributed by atoms with Gasteiger partial charge < -0.3 is 10.2 Å². The molecule has 0 radical (unpaired) electrons. The highest BCUT2D eigenvalue weighted by Crippen LogP contribution is 2.31. The van der Waals surface area contributed by atoms with Crippen molar-refractivity contribution in [2.75, 3.05) is 24.5 Å². The van der Waals surface area contributed by atoms with Crippen LogP contribution in [-0.4, -0.2) is 40.7 Å². The molecule has 2 heterocycles. The van der Waals surface area contributed by atoms with E-state index in [9.17, 15) is 0 Å². The van der Waals surface area contributed by atoms with E-state index in [-0.39, 0.29) is 6.04 Å². The van der Waals surface area contributed by atoms with E-state index in [1.165, 1.54) is 5.69 Å². The first-order chi connectivity index (χ1) is 12.5. The molecule has 4 rings (SSSR count). The minimum Gasteiger partial charge on any atom is -0.369 e. The van der Waals surface area contributed by atoms with E-state index in [1.807, 2.05) is 22.9 Å². The Morgan fingerprint density at radius 1 is 1.19 bits per heavy atom. The first kappa shape index (κ1) is 17.6. The highest BCUT2D eigenvalue weighted by molar-refractivity contribution is 6.35. The third-order valence-electron chi connectivity index (χ3n) is 4.97. The molecule has 1 aliphatic heterocycles. The molecule has 2 atom stereocenters. The van der Waals surface area contributed by atoms with Crippen molar-refractivity contribution in [3.63, 3.8) is 0 Å². The highest BCUT2D eigenvalue weighted by Gasteiger charge is 2.19. The van der Waals surface area contributed by atoms with Crippen LogP contribution in [0.15, 0.2) is 36.4 Å². The predicted octanol–water partition coefficient (Wildman–Crippen LogP) is 4.15. The molecule has 1 fully saturated rings. The van der Waals surface area contributed by atoms with Crippen LogP contribution in [0.5, 0.6) is 0 Å². The van der Waals surface area contributed by atoms with E-state index < -0.39 is 0 Å². The third-order valence-corrected chi connectivity index (χ3v) is 5.53. The molecule has 0 saturated carbocycles. The van der Waals surface area contributed by atoms with Crippen LogP contribution in [-0.2, 0) is 0 Å². The Morgan fingerprint density at radius 2 is 2.04 bits per heavy atom. The monoisotopic (exact) mass is 389 g/mol. The van der Waals surface area contributed by atoms with Gasteiger partial charge in [0.25, 0.3) is 0 Å². The number of nitrogens with one attached hydrogen (secondary N) is 1. The molecule has 1 N–H and O–H groups in total. The smallest absolute Gasteiger partial charge is 0.113 e. The predicted molar refractivity (Wildman–Crippen MR) is 107 cm³/mol. The largest absolute Gasteiger partial charge is 0.369 e. The van der Waals surface area contributed by atoms with Crippen LogP contribution in [0, 0.1) is 0 Å². The van der Waals surface area contributed by atoms with Crippen LogP contribution in [0.3, 0.4) is 0 Å². The van der Waals surface area contributed by atoms with Crippen molar-refractivity contribution < 1.29 is 0 Å². The van der Waals surface area contributed by atoms with Gasteiger partial charge in [-0.05, 0) is 49.7 Å². The zero-order valence-electron chi connectivity index (χ0n) is 14.8. The van der Waals surface area contributed by atoms with Crippen molar-refractivity contribution in [3.05, 3.63) is 52.0 Å². The summed E-state index contributed by atoms with van der Waals surface area (Å²) in [6, 6.07) is 12.3. The molecule has 136 valence electrons. The number of hydrogen-bond donors (Lipinski definition) is 1. The summed E-state index contributed by atoms with van der Waals surface area (Å²) in [6.07, 6.45) is 0. The van der Waals surface area contributed by atoms with Crippen molar-refractivity contribution in [3.8, 4) is 0 Å². The van der Waals surface area contributed by atoms with Gasteiger partial charge in [-0.15, -0.1) is 5.10 Å². The molecular weight excluding hydrogens is 369 g/mol. The van der Waals surface area contributed by atoms with E-state index in [0.717, 1.165) is 36.2 Å². The maximum atomic E-state index is 6.40. The number of fused-ring (bicyclic) bond motifs is 1. The molecule has 3 aromatic rings. The number of halogens is 2. The SMILES string of the molecule is C[C@@H]1CN(c2ccc3nnn([C@H](C)c4ccc(Cl)cc4Cl)c3c2)CCN1. The second-order valence-electron chi connectivity index (χ2n) is 6.85. The lowest BCUT2D eigenvalue weighted by Crippen LogP contribution is -2.49. The summed E-state index contributed by atoms with van der Waals surface area (Å²) in [6.45, 7) is 7.26. The number of rotatable bonds is 3. The van der Waals surface area contributed by atoms with Gasteiger partial charge in [0.1, 0.15) is 5.52 Å². The van der Waals surface area contributed by atoms with Crippen LogP contribution in [0.25, 0.3) is 11.0 Å². The molecular formula is C19H21Cl2N5. The van der Waals surface area contributed by atoms with Gasteiger partial charge in [-0.1, -0.05) is 34.5 Å². The Labute approximate surface area is 162 Å². The summed E-state index contributed by atoms with van der Waals surface area (Å²) in [4.78, 5) is 2.40. The minimum absolute atomic E-state index is 0.0398. The molecule has 0 spiro atoms. The summed E-state index contributed by atoms with van der Waals surface area (Å²) in [5.74, 6) is 0. The maximum absolute atomic E-state index is 6.40. The molecule has 0 aliphatic carbocycles. The topological polar surface area (TPSA) is 46.0 Å². The third kappa shape index (κ3) is 3.27. The van der Waals surface area contributed by atoms with Crippen LogP contribution in [0.1, 0.15) is 25.5 Å². The van der Waals surface area contributed by atoms with Gasteiger partial charge in [-0.3, -0.25) is 0 Å². The molecule has 1 aromatic heterocycles. The van der Waals surface area contributed by atoms with Crippen molar-refractivity contribution in [1.82, 2.24) is 20.3 Å². The van der Waals surface area contributed by atoms with Gasteiger partial charge in [0, 0.05) is 41.4 Å². The van der Waals surface area contributed by atoms with Gasteiger partial charge in [-0.2, -0.15) is 0 Å². The average Bonchev–Trinajstić information content (AvgIpc) is 3.04. The van der Waals surface area contributed by atoms with E-state index in [1.54, 1.807) is 6.07 Å². The van der Waals surface area contributed by atoms with E-state index in [0.29, 0.717) is 16.1 Å². The Hall–Kier alpha value is -1.82. The Morgan fingerprint density at radius 3 is 2.81 bits per heavy atom. The first-order valence-electron chi connectivity index (χ1n) is 8.81. The maximum Gasteiger partial charge on any atom is 0.113 e. The zero-order valence-corrected chi connectivity index (χ0v) is 16.3. The van der Waals surface area contributed by atoms with Gasteiger partial charge in [0.2, 0.25) is 0 Å². The molecule has 5 nitrogen and oxygen atoms in total. The molecule has 2 aromatic carbocycles. The summed E-state index contributed by atoms with van der Waals surface area (Å²) in [7, 11) is 0. The molecule has 0 bridgehead atoms. The summed E-state index contributed by atoms with van der Waals surface area (Å²) in [5.41, 5.74) is 4.06. The minimum atomic E-state index is -0.0398. The second-order valence-corrected chi connectivity index (χ2v) is 7.69. The molecule has 26 heavy (non-hydrogen) atoms. The Bertz CT molecular complexity index is 939. The van der Waals surface area contributed by atoms with Crippen molar-refractivity contribution in [1.29, 1.82) is 0 Å². The quantitative estimate of drug-likeness (QED) is 0.730. The number of hydrogen-bond acceptors (Lipinski definition) is 4. The lowest BCUT2D eigenvalue weighted by molar-refractivity contribution is 0.485. The Kier molecular flexibility index (Phi) is 4.78. The van der Waals surface area contributed by atoms with Gasteiger partial charge in [0.05, 0.1) is 11.6 Å². The second kappa shape index (κ2) is 7.06. The molecule has 7 heteroatoms. The average molecular weight is 390 g/mol. The van der Waals surface area contributed by atoms with E-state index >= 15 is 0 Å². The van der Waals surface area contributed by atoms with Crippen molar-refractivity contribution >= 4 is 39.9 Å². The van der Waals surface area contributed by atoms with Crippen LogP contribution >= 0.6 is 23.2 Å². The van der Waals surface area contributed by atoms with Gasteiger partial charge >= 0.3 is 0 Å². The van der Waals surface area contributed by atoms with Crippen molar-refractivity contribution in [2.24, 2.45) is 0 Å². The van der Waals surface area contributed by atoms with Gasteiger partial charge in [0.15, 0.2) is 0 Å². The lowest BCUT2D eigenvalue weighted by Gasteiger charge is -2.33. The number of benzene rings is 2. The van der Waals surface area contributed by atoms with Crippen LogP contribution in [0.4, 0.5) is 5.69 Å². The standard InChI is InChI=1S/C19H21Cl2N5/c1-12-11-25(8-7-22-12)15-4-6-18-19(10-15)26(24-23-18)13(2)16-5-3-14(20)9-17(16)21/h3-6,9-10,12-13,22H,7-8,11H2,1-2H3/t12-,13-/m1/s1. The zero-order chi connectivity index (χ0) is 18.3. The van der Waals surface area contributed by atoms with Crippen molar-refractivity contribution in [2.45, 2.75) is 25.9 Å². The number of piperazine rings is 1. The highest BCUT2D eigenvalue weighted by atomic mass is 35.5. The molecule has 0 unspecified atom stereocenters.